The molecule has 0 aromatic heterocycles. The summed E-state index contributed by atoms with van der Waals surface area (Å²) in [6.45, 7) is 9.75. The lowest BCUT2D eigenvalue weighted by molar-refractivity contribution is -0.119. The van der Waals surface area contributed by atoms with Crippen molar-refractivity contribution < 1.29 is 4.79 Å². The molecule has 2 heteroatoms. The van der Waals surface area contributed by atoms with E-state index in [9.17, 15) is 4.79 Å². The minimum atomic E-state index is 0.263. The first-order chi connectivity index (χ1) is 9.91. The van der Waals surface area contributed by atoms with Crippen LogP contribution >= 0.6 is 0 Å². The molecule has 0 aromatic rings. The van der Waals surface area contributed by atoms with E-state index in [0.717, 1.165) is 38.6 Å². The predicted octanol–water partition coefficient (Wildman–Crippen LogP) is 5.49. The average molecular weight is 298 g/mol. The van der Waals surface area contributed by atoms with Gasteiger partial charge in [0.1, 0.15) is 5.78 Å². The Bertz CT molecular complexity index is 255. The molecule has 2 N–H and O–H groups in total. The van der Waals surface area contributed by atoms with Crippen molar-refractivity contribution in [2.24, 2.45) is 17.1 Å². The summed E-state index contributed by atoms with van der Waals surface area (Å²) in [5.41, 5.74) is 5.96. The number of nitrogens with two attached hydrogens (primary N) is 1. The van der Waals surface area contributed by atoms with Crippen molar-refractivity contribution in [2.45, 2.75) is 98.3 Å². The van der Waals surface area contributed by atoms with Crippen molar-refractivity contribution in [3.8, 4) is 0 Å². The fraction of sp³-hybridized carbons (Fsp3) is 0.947. The number of ketones is 1. The van der Waals surface area contributed by atoms with Gasteiger partial charge in [0.05, 0.1) is 0 Å². The normalized spacial score (nSPS) is 13.4. The fourth-order valence-corrected chi connectivity index (χ4v) is 2.95. The molecule has 0 radical (unpaired) electrons. The first kappa shape index (κ1) is 20.6. The predicted molar refractivity (Wildman–Crippen MR) is 93.5 cm³/mol. The summed E-state index contributed by atoms with van der Waals surface area (Å²) >= 11 is 0. The third-order valence-corrected chi connectivity index (χ3v) is 4.57. The second-order valence-electron chi connectivity index (χ2n) is 7.59. The van der Waals surface area contributed by atoms with Gasteiger partial charge in [0.2, 0.25) is 0 Å². The lowest BCUT2D eigenvalue weighted by Gasteiger charge is -2.30. The molecule has 0 amide bonds. The van der Waals surface area contributed by atoms with Crippen molar-refractivity contribution in [1.82, 2.24) is 0 Å². The van der Waals surface area contributed by atoms with Gasteiger partial charge in [-0.25, -0.2) is 0 Å². The van der Waals surface area contributed by atoms with Crippen molar-refractivity contribution in [3.05, 3.63) is 0 Å². The minimum Gasteiger partial charge on any atom is -0.330 e. The molecular formula is C19H39NO. The Morgan fingerprint density at radius 2 is 1.48 bits per heavy atom. The quantitative estimate of drug-likeness (QED) is 0.457. The van der Waals surface area contributed by atoms with Crippen molar-refractivity contribution in [3.63, 3.8) is 0 Å². The minimum absolute atomic E-state index is 0.263. The molecule has 0 rings (SSSR count). The van der Waals surface area contributed by atoms with E-state index in [0.29, 0.717) is 11.7 Å². The van der Waals surface area contributed by atoms with Crippen molar-refractivity contribution in [2.75, 3.05) is 6.54 Å². The van der Waals surface area contributed by atoms with E-state index in [1.807, 2.05) is 0 Å². The molecule has 0 aliphatic rings. The number of hydrogen-bond donors (Lipinski definition) is 1. The van der Waals surface area contributed by atoms with Gasteiger partial charge in [0, 0.05) is 12.8 Å². The van der Waals surface area contributed by atoms with Gasteiger partial charge in [-0.05, 0) is 37.1 Å². The summed E-state index contributed by atoms with van der Waals surface area (Å²) in [6.07, 6.45) is 12.5. The number of rotatable bonds is 13. The highest BCUT2D eigenvalue weighted by atomic mass is 16.1. The molecule has 126 valence electrons. The second-order valence-corrected chi connectivity index (χ2v) is 7.59. The smallest absolute Gasteiger partial charge is 0.132 e. The summed E-state index contributed by atoms with van der Waals surface area (Å²) < 4.78 is 0. The molecule has 2 nitrogen and oxygen atoms in total. The monoisotopic (exact) mass is 297 g/mol. The van der Waals surface area contributed by atoms with Gasteiger partial charge in [-0.15, -0.1) is 0 Å². The molecule has 0 bridgehead atoms. The number of carbonyl (C=O) groups excluding carboxylic acids is 1. The Labute approximate surface area is 133 Å². The van der Waals surface area contributed by atoms with Crippen molar-refractivity contribution >= 4 is 5.78 Å². The van der Waals surface area contributed by atoms with E-state index in [1.165, 1.54) is 38.5 Å². The maximum absolute atomic E-state index is 12.0. The van der Waals surface area contributed by atoms with Crippen LogP contribution in [0.25, 0.3) is 0 Å². The van der Waals surface area contributed by atoms with Crippen LogP contribution in [0, 0.1) is 11.3 Å². The number of Topliss-reactive ketones (excluding diaryl/α,β-unsaturated/α-hetero) is 1. The molecule has 0 saturated heterocycles. The molecular weight excluding hydrogens is 258 g/mol. The highest BCUT2D eigenvalue weighted by Gasteiger charge is 2.24. The summed E-state index contributed by atoms with van der Waals surface area (Å²) in [4.78, 5) is 12.0. The zero-order valence-corrected chi connectivity index (χ0v) is 15.0. The zero-order valence-electron chi connectivity index (χ0n) is 15.0. The molecule has 0 aromatic carbocycles. The average Bonchev–Trinajstić information content (AvgIpc) is 2.41. The van der Waals surface area contributed by atoms with Crippen LogP contribution in [-0.2, 0) is 4.79 Å². The molecule has 0 heterocycles. The van der Waals surface area contributed by atoms with Crippen LogP contribution < -0.4 is 5.73 Å². The molecule has 0 spiro atoms. The third kappa shape index (κ3) is 11.9. The molecule has 0 aliphatic carbocycles. The third-order valence-electron chi connectivity index (χ3n) is 4.57. The molecule has 1 atom stereocenters. The Morgan fingerprint density at radius 3 is 2.00 bits per heavy atom. The van der Waals surface area contributed by atoms with E-state index in [2.05, 4.69) is 27.7 Å². The van der Waals surface area contributed by atoms with Crippen LogP contribution in [0.4, 0.5) is 0 Å². The van der Waals surface area contributed by atoms with E-state index in [4.69, 9.17) is 5.73 Å². The molecule has 0 saturated carbocycles. The van der Waals surface area contributed by atoms with Gasteiger partial charge in [-0.1, -0.05) is 66.2 Å². The van der Waals surface area contributed by atoms with Crippen LogP contribution in [0.15, 0.2) is 0 Å². The lowest BCUT2D eigenvalue weighted by atomic mass is 9.76. The molecule has 0 fully saturated rings. The second kappa shape index (κ2) is 12.2. The van der Waals surface area contributed by atoms with Gasteiger partial charge in [-0.3, -0.25) is 4.79 Å². The maximum atomic E-state index is 12.0. The Balaban J connectivity index is 3.69. The maximum Gasteiger partial charge on any atom is 0.132 e. The van der Waals surface area contributed by atoms with Gasteiger partial charge in [-0.2, -0.15) is 0 Å². The Hall–Kier alpha value is -0.370. The molecule has 1 unspecified atom stereocenters. The Morgan fingerprint density at radius 1 is 0.905 bits per heavy atom. The highest BCUT2D eigenvalue weighted by Crippen LogP contribution is 2.32. The van der Waals surface area contributed by atoms with Gasteiger partial charge < -0.3 is 5.73 Å². The topological polar surface area (TPSA) is 43.1 Å². The lowest BCUT2D eigenvalue weighted by Crippen LogP contribution is -2.24. The standard InChI is InChI=1S/C19H39NO/c1-5-6-7-8-9-10-11-12-18(21)14-13-17(15-16-20)19(2,3)4/h17H,5-16,20H2,1-4H3. The number of hydrogen-bond acceptors (Lipinski definition) is 2. The first-order valence-electron chi connectivity index (χ1n) is 9.13. The summed E-state index contributed by atoms with van der Waals surface area (Å²) in [6, 6.07) is 0. The summed E-state index contributed by atoms with van der Waals surface area (Å²) in [7, 11) is 0. The van der Waals surface area contributed by atoms with E-state index in [-0.39, 0.29) is 5.41 Å². The SMILES string of the molecule is CCCCCCCCCC(=O)CCC(CCN)C(C)(C)C. The van der Waals surface area contributed by atoms with Crippen LogP contribution in [0.3, 0.4) is 0 Å². The zero-order chi connectivity index (χ0) is 16.1. The van der Waals surface area contributed by atoms with Crippen LogP contribution in [0.1, 0.15) is 98.3 Å². The van der Waals surface area contributed by atoms with E-state index < -0.39 is 0 Å². The number of carbonyl (C=O) groups is 1. The summed E-state index contributed by atoms with van der Waals surface area (Å²) in [5, 5.41) is 0. The van der Waals surface area contributed by atoms with E-state index >= 15 is 0 Å². The van der Waals surface area contributed by atoms with Crippen LogP contribution in [0.2, 0.25) is 0 Å². The first-order valence-corrected chi connectivity index (χ1v) is 9.13. The van der Waals surface area contributed by atoms with Crippen LogP contribution in [0.5, 0.6) is 0 Å². The fourth-order valence-electron chi connectivity index (χ4n) is 2.95. The molecule has 21 heavy (non-hydrogen) atoms. The van der Waals surface area contributed by atoms with Gasteiger partial charge >= 0.3 is 0 Å². The van der Waals surface area contributed by atoms with E-state index in [1.54, 1.807) is 0 Å². The molecule has 0 aliphatic heterocycles. The Kier molecular flexibility index (Phi) is 12.0. The van der Waals surface area contributed by atoms with Crippen molar-refractivity contribution in [1.29, 1.82) is 0 Å². The van der Waals surface area contributed by atoms with Gasteiger partial charge in [0.25, 0.3) is 0 Å². The van der Waals surface area contributed by atoms with Gasteiger partial charge in [0.15, 0.2) is 0 Å². The number of unbranched alkanes of at least 4 members (excludes halogenated alkanes) is 6. The highest BCUT2D eigenvalue weighted by molar-refractivity contribution is 5.78. The largest absolute Gasteiger partial charge is 0.330 e. The summed E-state index contributed by atoms with van der Waals surface area (Å²) in [5.74, 6) is 1.02. The van der Waals surface area contributed by atoms with Crippen LogP contribution in [-0.4, -0.2) is 12.3 Å².